The lowest BCUT2D eigenvalue weighted by Crippen LogP contribution is -2.35. The normalized spacial score (nSPS) is 17.9. The number of esters is 1. The molecule has 18 heavy (non-hydrogen) atoms. The first-order valence-electron chi connectivity index (χ1n) is 6.14. The highest BCUT2D eigenvalue weighted by Gasteiger charge is 2.20. The quantitative estimate of drug-likeness (QED) is 0.719. The maximum absolute atomic E-state index is 11.7. The molecule has 2 N–H and O–H groups in total. The molecule has 0 radical (unpaired) electrons. The number of rotatable bonds is 4. The maximum atomic E-state index is 11.7. The van der Waals surface area contributed by atoms with E-state index in [1.54, 1.807) is 6.20 Å². The van der Waals surface area contributed by atoms with Gasteiger partial charge in [-0.15, -0.1) is 5.10 Å². The van der Waals surface area contributed by atoms with Crippen LogP contribution in [0, 0.1) is 0 Å². The van der Waals surface area contributed by atoms with Crippen LogP contribution in [0.5, 0.6) is 0 Å². The third kappa shape index (κ3) is 3.51. The van der Waals surface area contributed by atoms with Crippen LogP contribution in [0.1, 0.15) is 18.5 Å². The Morgan fingerprint density at radius 3 is 2.89 bits per heavy atom. The Morgan fingerprint density at radius 1 is 1.56 bits per heavy atom. The second-order valence-corrected chi connectivity index (χ2v) is 4.60. The van der Waals surface area contributed by atoms with Gasteiger partial charge in [-0.3, -0.25) is 4.79 Å². The van der Waals surface area contributed by atoms with E-state index < -0.39 is 0 Å². The van der Waals surface area contributed by atoms with E-state index in [0.717, 1.165) is 25.9 Å². The molecule has 1 aromatic rings. The van der Waals surface area contributed by atoms with Crippen LogP contribution in [0.2, 0.25) is 0 Å². The summed E-state index contributed by atoms with van der Waals surface area (Å²) in [5.74, 6) is -0.266. The standard InChI is InChI=1S/C11H19N5O2/c1-15-4-2-10(3-5-15)18-11(17)8-16-7-9(6-12)13-14-16/h7,10H,2-6,8,12H2,1H3. The largest absolute Gasteiger partial charge is 0.461 e. The van der Waals surface area contributed by atoms with Gasteiger partial charge in [-0.05, 0) is 19.9 Å². The predicted molar refractivity (Wildman–Crippen MR) is 64.5 cm³/mol. The van der Waals surface area contributed by atoms with Gasteiger partial charge in [-0.1, -0.05) is 5.21 Å². The van der Waals surface area contributed by atoms with E-state index in [1.807, 2.05) is 0 Å². The zero-order chi connectivity index (χ0) is 13.0. The van der Waals surface area contributed by atoms with Crippen LogP contribution < -0.4 is 5.73 Å². The number of likely N-dealkylation sites (tertiary alicyclic amines) is 1. The number of hydrogen-bond donors (Lipinski definition) is 1. The average Bonchev–Trinajstić information content (AvgIpc) is 2.79. The van der Waals surface area contributed by atoms with Crippen LogP contribution >= 0.6 is 0 Å². The lowest BCUT2D eigenvalue weighted by molar-refractivity contribution is -0.152. The number of aromatic nitrogens is 3. The summed E-state index contributed by atoms with van der Waals surface area (Å²) in [4.78, 5) is 13.9. The zero-order valence-corrected chi connectivity index (χ0v) is 10.6. The molecule has 0 bridgehead atoms. The minimum Gasteiger partial charge on any atom is -0.461 e. The highest BCUT2D eigenvalue weighted by atomic mass is 16.5. The zero-order valence-electron chi connectivity index (χ0n) is 10.6. The van der Waals surface area contributed by atoms with Gasteiger partial charge in [-0.2, -0.15) is 0 Å². The first kappa shape index (κ1) is 13.0. The molecule has 7 nitrogen and oxygen atoms in total. The fraction of sp³-hybridized carbons (Fsp3) is 0.727. The molecule has 0 aliphatic carbocycles. The number of ether oxygens (including phenoxy) is 1. The van der Waals surface area contributed by atoms with Crippen molar-refractivity contribution in [1.29, 1.82) is 0 Å². The Bertz CT molecular complexity index is 398. The minimum atomic E-state index is -0.266. The van der Waals surface area contributed by atoms with Crippen molar-refractivity contribution in [2.45, 2.75) is 32.0 Å². The van der Waals surface area contributed by atoms with Crippen molar-refractivity contribution in [1.82, 2.24) is 19.9 Å². The molecule has 1 aromatic heterocycles. The number of carbonyl (C=O) groups excluding carboxylic acids is 1. The van der Waals surface area contributed by atoms with Gasteiger partial charge in [0.05, 0.1) is 11.9 Å². The van der Waals surface area contributed by atoms with Crippen LogP contribution in [0.4, 0.5) is 0 Å². The molecule has 1 saturated heterocycles. The third-order valence-electron chi connectivity index (χ3n) is 3.05. The van der Waals surface area contributed by atoms with Gasteiger partial charge in [0.1, 0.15) is 12.6 Å². The van der Waals surface area contributed by atoms with Crippen LogP contribution in [0.15, 0.2) is 6.20 Å². The molecular formula is C11H19N5O2. The van der Waals surface area contributed by atoms with Gasteiger partial charge in [0.15, 0.2) is 0 Å². The molecule has 0 unspecified atom stereocenters. The fourth-order valence-corrected chi connectivity index (χ4v) is 1.97. The van der Waals surface area contributed by atoms with Crippen LogP contribution in [0.3, 0.4) is 0 Å². The Hall–Kier alpha value is -1.47. The van der Waals surface area contributed by atoms with Crippen molar-refractivity contribution in [2.75, 3.05) is 20.1 Å². The summed E-state index contributed by atoms with van der Waals surface area (Å²) in [6.07, 6.45) is 3.49. The first-order chi connectivity index (χ1) is 8.67. The van der Waals surface area contributed by atoms with Crippen molar-refractivity contribution in [2.24, 2.45) is 5.73 Å². The average molecular weight is 253 g/mol. The lowest BCUT2D eigenvalue weighted by atomic mass is 10.1. The molecule has 7 heteroatoms. The molecule has 0 aromatic carbocycles. The monoisotopic (exact) mass is 253 g/mol. The van der Waals surface area contributed by atoms with Crippen molar-refractivity contribution in [3.8, 4) is 0 Å². The van der Waals surface area contributed by atoms with Gasteiger partial charge in [0.25, 0.3) is 0 Å². The second-order valence-electron chi connectivity index (χ2n) is 4.60. The Morgan fingerprint density at radius 2 is 2.28 bits per heavy atom. The molecule has 1 aliphatic heterocycles. The molecule has 0 spiro atoms. The van der Waals surface area contributed by atoms with E-state index in [9.17, 15) is 4.79 Å². The summed E-state index contributed by atoms with van der Waals surface area (Å²) in [6, 6.07) is 0. The molecule has 1 fully saturated rings. The van der Waals surface area contributed by atoms with Gasteiger partial charge in [0, 0.05) is 19.6 Å². The number of nitrogens with two attached hydrogens (primary N) is 1. The van der Waals surface area contributed by atoms with Crippen LogP contribution in [0.25, 0.3) is 0 Å². The summed E-state index contributed by atoms with van der Waals surface area (Å²) < 4.78 is 6.86. The maximum Gasteiger partial charge on any atom is 0.328 e. The summed E-state index contributed by atoms with van der Waals surface area (Å²) in [5.41, 5.74) is 6.09. The van der Waals surface area contributed by atoms with E-state index in [2.05, 4.69) is 22.3 Å². The van der Waals surface area contributed by atoms with Gasteiger partial charge in [-0.25, -0.2) is 4.68 Å². The number of nitrogens with zero attached hydrogens (tertiary/aromatic N) is 4. The van der Waals surface area contributed by atoms with Crippen LogP contribution in [-0.4, -0.2) is 52.1 Å². The summed E-state index contributed by atoms with van der Waals surface area (Å²) >= 11 is 0. The van der Waals surface area contributed by atoms with Crippen molar-refractivity contribution in [3.63, 3.8) is 0 Å². The fourth-order valence-electron chi connectivity index (χ4n) is 1.97. The highest BCUT2D eigenvalue weighted by Crippen LogP contribution is 2.12. The first-order valence-corrected chi connectivity index (χ1v) is 6.14. The minimum absolute atomic E-state index is 0.0335. The van der Waals surface area contributed by atoms with E-state index in [-0.39, 0.29) is 18.6 Å². The Kier molecular flexibility index (Phi) is 4.27. The summed E-state index contributed by atoms with van der Waals surface area (Å²) in [7, 11) is 2.07. The van der Waals surface area contributed by atoms with E-state index in [1.165, 1.54) is 4.68 Å². The van der Waals surface area contributed by atoms with Crippen molar-refractivity contribution in [3.05, 3.63) is 11.9 Å². The third-order valence-corrected chi connectivity index (χ3v) is 3.05. The smallest absolute Gasteiger partial charge is 0.328 e. The Balaban J connectivity index is 1.78. The van der Waals surface area contributed by atoms with E-state index in [0.29, 0.717) is 12.2 Å². The van der Waals surface area contributed by atoms with E-state index >= 15 is 0 Å². The molecule has 0 atom stereocenters. The number of piperidine rings is 1. The predicted octanol–water partition coefficient (Wildman–Crippen LogP) is -0.626. The summed E-state index contributed by atoms with van der Waals surface area (Å²) in [6.45, 7) is 2.36. The SMILES string of the molecule is CN1CCC(OC(=O)Cn2cc(CN)nn2)CC1. The molecule has 0 saturated carbocycles. The topological polar surface area (TPSA) is 86.3 Å². The van der Waals surface area contributed by atoms with Crippen LogP contribution in [-0.2, 0) is 22.6 Å². The lowest BCUT2D eigenvalue weighted by Gasteiger charge is -2.28. The molecule has 100 valence electrons. The highest BCUT2D eigenvalue weighted by molar-refractivity contribution is 5.69. The van der Waals surface area contributed by atoms with Gasteiger partial charge < -0.3 is 15.4 Å². The second kappa shape index (κ2) is 5.92. The van der Waals surface area contributed by atoms with Crippen molar-refractivity contribution >= 4 is 5.97 Å². The molecule has 2 heterocycles. The molecular weight excluding hydrogens is 234 g/mol. The van der Waals surface area contributed by atoms with E-state index in [4.69, 9.17) is 10.5 Å². The van der Waals surface area contributed by atoms with Gasteiger partial charge in [0.2, 0.25) is 0 Å². The summed E-state index contributed by atoms with van der Waals surface area (Å²) in [5, 5.41) is 7.63. The Labute approximate surface area is 106 Å². The van der Waals surface area contributed by atoms with Gasteiger partial charge >= 0.3 is 5.97 Å². The van der Waals surface area contributed by atoms with Crippen molar-refractivity contribution < 1.29 is 9.53 Å². The molecule has 0 amide bonds. The number of carbonyl (C=O) groups is 1. The number of hydrogen-bond acceptors (Lipinski definition) is 6. The molecule has 2 rings (SSSR count). The molecule has 1 aliphatic rings.